The van der Waals surface area contributed by atoms with Gasteiger partial charge in [0.15, 0.2) is 24.7 Å². The molecular formula is C20H22N2O6. The van der Waals surface area contributed by atoms with Crippen molar-refractivity contribution >= 4 is 17.5 Å². The van der Waals surface area contributed by atoms with Gasteiger partial charge in [0.1, 0.15) is 11.5 Å². The van der Waals surface area contributed by atoms with Gasteiger partial charge in [-0.3, -0.25) is 9.59 Å². The molecule has 8 heteroatoms. The molecule has 148 valence electrons. The predicted octanol–water partition coefficient (Wildman–Crippen LogP) is 1.77. The minimum atomic E-state index is -0.238. The third-order valence-electron chi connectivity index (χ3n) is 4.14. The summed E-state index contributed by atoms with van der Waals surface area (Å²) >= 11 is 0. The number of rotatable bonds is 8. The first-order valence-electron chi connectivity index (χ1n) is 8.76. The van der Waals surface area contributed by atoms with Gasteiger partial charge in [-0.2, -0.15) is 0 Å². The van der Waals surface area contributed by atoms with Gasteiger partial charge in [-0.15, -0.1) is 0 Å². The van der Waals surface area contributed by atoms with Crippen LogP contribution in [0.25, 0.3) is 0 Å². The molecule has 3 rings (SSSR count). The molecular weight excluding hydrogens is 364 g/mol. The summed E-state index contributed by atoms with van der Waals surface area (Å²) in [5.41, 5.74) is 1.55. The normalized spacial score (nSPS) is 12.3. The summed E-state index contributed by atoms with van der Waals surface area (Å²) in [6, 6.07) is 10.6. The van der Waals surface area contributed by atoms with Crippen LogP contribution in [0.1, 0.15) is 5.56 Å². The molecule has 2 N–H and O–H groups in total. The number of carbonyl (C=O) groups excluding carboxylic acids is 2. The molecule has 0 aromatic heterocycles. The maximum atomic E-state index is 12.0. The lowest BCUT2D eigenvalue weighted by molar-refractivity contribution is -0.123. The number of amides is 2. The molecule has 0 aliphatic carbocycles. The van der Waals surface area contributed by atoms with E-state index >= 15 is 0 Å². The molecule has 1 aliphatic heterocycles. The van der Waals surface area contributed by atoms with Crippen molar-refractivity contribution in [2.75, 3.05) is 39.3 Å². The van der Waals surface area contributed by atoms with Crippen molar-refractivity contribution in [1.82, 2.24) is 5.32 Å². The molecule has 0 spiro atoms. The van der Waals surface area contributed by atoms with Gasteiger partial charge < -0.3 is 29.6 Å². The van der Waals surface area contributed by atoms with Crippen LogP contribution < -0.4 is 29.6 Å². The average molecular weight is 386 g/mol. The zero-order valence-electron chi connectivity index (χ0n) is 15.7. The Balaban J connectivity index is 1.45. The molecule has 2 aromatic carbocycles. The van der Waals surface area contributed by atoms with Gasteiger partial charge in [0.2, 0.25) is 0 Å². The number of nitrogens with one attached hydrogen (secondary N) is 2. The molecule has 1 heterocycles. The molecule has 0 bridgehead atoms. The summed E-state index contributed by atoms with van der Waals surface area (Å²) < 4.78 is 21.2. The summed E-state index contributed by atoms with van der Waals surface area (Å²) in [7, 11) is 3.17. The van der Waals surface area contributed by atoms with Gasteiger partial charge in [0, 0.05) is 12.6 Å². The fourth-order valence-corrected chi connectivity index (χ4v) is 2.73. The number of anilines is 1. The summed E-state index contributed by atoms with van der Waals surface area (Å²) in [5, 5.41) is 5.50. The number of hydrogen-bond donors (Lipinski definition) is 2. The van der Waals surface area contributed by atoms with E-state index in [1.807, 2.05) is 18.2 Å². The van der Waals surface area contributed by atoms with Gasteiger partial charge >= 0.3 is 0 Å². The number of benzene rings is 2. The molecule has 0 unspecified atom stereocenters. The zero-order valence-corrected chi connectivity index (χ0v) is 15.7. The molecule has 1 aliphatic rings. The standard InChI is InChI=1S/C20H22N2O6/c1-25-17-5-3-13(9-18(17)26-2)7-8-21-19(23)11-27-14-4-6-16-15(10-14)22-20(24)12-28-16/h3-6,9-10H,7-8,11-12H2,1-2H3,(H,21,23)(H,22,24). The molecule has 0 radical (unpaired) electrons. The number of hydrogen-bond acceptors (Lipinski definition) is 6. The molecule has 0 fully saturated rings. The van der Waals surface area contributed by atoms with E-state index < -0.39 is 0 Å². The fourth-order valence-electron chi connectivity index (χ4n) is 2.73. The second kappa shape index (κ2) is 8.98. The number of fused-ring (bicyclic) bond motifs is 1. The Morgan fingerprint density at radius 1 is 1.14 bits per heavy atom. The maximum Gasteiger partial charge on any atom is 0.262 e. The third-order valence-corrected chi connectivity index (χ3v) is 4.14. The largest absolute Gasteiger partial charge is 0.493 e. The van der Waals surface area contributed by atoms with Crippen LogP contribution in [0.2, 0.25) is 0 Å². The van der Waals surface area contributed by atoms with Crippen LogP contribution in [0.5, 0.6) is 23.0 Å². The lowest BCUT2D eigenvalue weighted by Crippen LogP contribution is -2.30. The first kappa shape index (κ1) is 19.3. The Hall–Kier alpha value is -3.42. The Bertz CT molecular complexity index is 868. The van der Waals surface area contributed by atoms with E-state index in [4.69, 9.17) is 18.9 Å². The third kappa shape index (κ3) is 4.85. The van der Waals surface area contributed by atoms with Gasteiger partial charge in [-0.05, 0) is 36.2 Å². The van der Waals surface area contributed by atoms with Crippen LogP contribution in [0.3, 0.4) is 0 Å². The van der Waals surface area contributed by atoms with E-state index in [-0.39, 0.29) is 25.0 Å². The van der Waals surface area contributed by atoms with Crippen molar-refractivity contribution in [3.05, 3.63) is 42.0 Å². The van der Waals surface area contributed by atoms with Crippen molar-refractivity contribution in [1.29, 1.82) is 0 Å². The Morgan fingerprint density at radius 2 is 1.96 bits per heavy atom. The van der Waals surface area contributed by atoms with Crippen molar-refractivity contribution in [2.45, 2.75) is 6.42 Å². The Morgan fingerprint density at radius 3 is 2.75 bits per heavy atom. The van der Waals surface area contributed by atoms with Crippen molar-refractivity contribution < 1.29 is 28.5 Å². The molecule has 2 amide bonds. The van der Waals surface area contributed by atoms with E-state index in [2.05, 4.69) is 10.6 Å². The summed E-state index contributed by atoms with van der Waals surface area (Å²) in [6.07, 6.45) is 0.647. The van der Waals surface area contributed by atoms with Crippen LogP contribution in [0, 0.1) is 0 Å². The minimum Gasteiger partial charge on any atom is -0.493 e. The van der Waals surface area contributed by atoms with E-state index in [1.54, 1.807) is 32.4 Å². The molecule has 0 atom stereocenters. The average Bonchev–Trinajstić information content (AvgIpc) is 2.71. The molecule has 28 heavy (non-hydrogen) atoms. The van der Waals surface area contributed by atoms with Crippen LogP contribution in [0.4, 0.5) is 5.69 Å². The van der Waals surface area contributed by atoms with E-state index in [9.17, 15) is 9.59 Å². The minimum absolute atomic E-state index is 0.00429. The van der Waals surface area contributed by atoms with Gasteiger partial charge in [-0.25, -0.2) is 0 Å². The fraction of sp³-hybridized carbons (Fsp3) is 0.300. The second-order valence-corrected chi connectivity index (χ2v) is 6.07. The van der Waals surface area contributed by atoms with Crippen molar-refractivity contribution in [3.63, 3.8) is 0 Å². The zero-order chi connectivity index (χ0) is 19.9. The quantitative estimate of drug-likeness (QED) is 0.718. The van der Waals surface area contributed by atoms with Crippen molar-refractivity contribution in [3.8, 4) is 23.0 Å². The van der Waals surface area contributed by atoms with Crippen molar-refractivity contribution in [2.24, 2.45) is 0 Å². The van der Waals surface area contributed by atoms with E-state index in [1.165, 1.54) is 0 Å². The van der Waals surface area contributed by atoms with Gasteiger partial charge in [0.05, 0.1) is 19.9 Å². The Labute approximate surface area is 162 Å². The van der Waals surface area contributed by atoms with Gasteiger partial charge in [-0.1, -0.05) is 6.07 Å². The number of carbonyl (C=O) groups is 2. The van der Waals surface area contributed by atoms with E-state index in [0.29, 0.717) is 41.7 Å². The lowest BCUT2D eigenvalue weighted by atomic mass is 10.1. The van der Waals surface area contributed by atoms with Crippen LogP contribution in [0.15, 0.2) is 36.4 Å². The van der Waals surface area contributed by atoms with Crippen LogP contribution in [-0.4, -0.2) is 45.8 Å². The SMILES string of the molecule is COc1ccc(CCNC(=O)COc2ccc3c(c2)NC(=O)CO3)cc1OC. The first-order valence-corrected chi connectivity index (χ1v) is 8.76. The highest BCUT2D eigenvalue weighted by molar-refractivity contribution is 5.95. The van der Waals surface area contributed by atoms with Gasteiger partial charge in [0.25, 0.3) is 11.8 Å². The second-order valence-electron chi connectivity index (χ2n) is 6.07. The van der Waals surface area contributed by atoms with Crippen LogP contribution in [-0.2, 0) is 16.0 Å². The molecule has 2 aromatic rings. The van der Waals surface area contributed by atoms with Crippen LogP contribution >= 0.6 is 0 Å². The number of methoxy groups -OCH3 is 2. The number of ether oxygens (including phenoxy) is 4. The maximum absolute atomic E-state index is 12.0. The molecule has 0 saturated carbocycles. The summed E-state index contributed by atoms with van der Waals surface area (Å²) in [5.74, 6) is 1.90. The van der Waals surface area contributed by atoms with E-state index in [0.717, 1.165) is 5.56 Å². The highest BCUT2D eigenvalue weighted by atomic mass is 16.5. The highest BCUT2D eigenvalue weighted by Crippen LogP contribution is 2.31. The first-order chi connectivity index (χ1) is 13.6. The Kier molecular flexibility index (Phi) is 6.21. The molecule has 0 saturated heterocycles. The smallest absolute Gasteiger partial charge is 0.262 e. The highest BCUT2D eigenvalue weighted by Gasteiger charge is 2.16. The summed E-state index contributed by atoms with van der Waals surface area (Å²) in [6.45, 7) is 0.334. The molecule has 8 nitrogen and oxygen atoms in total. The summed E-state index contributed by atoms with van der Waals surface area (Å²) in [4.78, 5) is 23.4. The predicted molar refractivity (Wildman–Crippen MR) is 102 cm³/mol. The topological polar surface area (TPSA) is 95.1 Å². The monoisotopic (exact) mass is 386 g/mol. The lowest BCUT2D eigenvalue weighted by Gasteiger charge is -2.18.